The first-order valence-corrected chi connectivity index (χ1v) is 6.37. The molecule has 0 bridgehead atoms. The van der Waals surface area contributed by atoms with Gasteiger partial charge >= 0.3 is 0 Å². The van der Waals surface area contributed by atoms with Gasteiger partial charge in [-0.05, 0) is 42.0 Å². The van der Waals surface area contributed by atoms with Gasteiger partial charge in [0.1, 0.15) is 0 Å². The van der Waals surface area contributed by atoms with Gasteiger partial charge < -0.3 is 9.47 Å². The van der Waals surface area contributed by atoms with E-state index in [4.69, 9.17) is 32.7 Å². The van der Waals surface area contributed by atoms with Crippen LogP contribution in [0, 0.1) is 0 Å². The van der Waals surface area contributed by atoms with Crippen LogP contribution in [0.4, 0.5) is 5.69 Å². The number of rotatable bonds is 2. The fourth-order valence-corrected chi connectivity index (χ4v) is 2.18. The van der Waals surface area contributed by atoms with Crippen molar-refractivity contribution in [1.82, 2.24) is 0 Å². The van der Waals surface area contributed by atoms with Crippen molar-refractivity contribution in [3.63, 3.8) is 0 Å². The predicted octanol–water partition coefficient (Wildman–Crippen LogP) is 4.47. The van der Waals surface area contributed by atoms with Crippen LogP contribution in [0.3, 0.4) is 0 Å². The van der Waals surface area contributed by atoms with E-state index in [0.717, 1.165) is 17.1 Å². The zero-order valence-corrected chi connectivity index (χ0v) is 11.3. The highest BCUT2D eigenvalue weighted by molar-refractivity contribution is 6.36. The van der Waals surface area contributed by atoms with Gasteiger partial charge in [-0.3, -0.25) is 4.99 Å². The Morgan fingerprint density at radius 2 is 1.84 bits per heavy atom. The largest absolute Gasteiger partial charge is 0.454 e. The molecular formula is C14H9Cl2NO2. The van der Waals surface area contributed by atoms with Gasteiger partial charge in [-0.1, -0.05) is 23.2 Å². The molecule has 5 heteroatoms. The SMILES string of the molecule is Clc1ccc(N=Cc2ccc3c(c2)OCO3)c(Cl)c1. The highest BCUT2D eigenvalue weighted by atomic mass is 35.5. The molecule has 3 nitrogen and oxygen atoms in total. The summed E-state index contributed by atoms with van der Waals surface area (Å²) in [6.07, 6.45) is 1.72. The topological polar surface area (TPSA) is 30.8 Å². The highest BCUT2D eigenvalue weighted by Gasteiger charge is 2.12. The smallest absolute Gasteiger partial charge is 0.231 e. The third-order valence-electron chi connectivity index (χ3n) is 2.66. The number of hydrogen-bond donors (Lipinski definition) is 0. The molecule has 0 fully saturated rings. The summed E-state index contributed by atoms with van der Waals surface area (Å²) in [5.74, 6) is 1.48. The van der Waals surface area contributed by atoms with Crippen molar-refractivity contribution in [3.8, 4) is 11.5 Å². The minimum absolute atomic E-state index is 0.263. The van der Waals surface area contributed by atoms with Crippen LogP contribution in [0.5, 0.6) is 11.5 Å². The van der Waals surface area contributed by atoms with Crippen molar-refractivity contribution in [2.45, 2.75) is 0 Å². The standard InChI is InChI=1S/C14H9Cl2NO2/c15-10-2-3-12(11(16)6-10)17-7-9-1-4-13-14(5-9)19-8-18-13/h1-7H,8H2. The normalized spacial score (nSPS) is 13.2. The van der Waals surface area contributed by atoms with Crippen LogP contribution in [-0.4, -0.2) is 13.0 Å². The van der Waals surface area contributed by atoms with Crippen LogP contribution in [-0.2, 0) is 0 Å². The van der Waals surface area contributed by atoms with Crippen molar-refractivity contribution in [3.05, 3.63) is 52.0 Å². The molecule has 96 valence electrons. The van der Waals surface area contributed by atoms with Crippen molar-refractivity contribution in [2.75, 3.05) is 6.79 Å². The van der Waals surface area contributed by atoms with Crippen LogP contribution in [0.15, 0.2) is 41.4 Å². The minimum atomic E-state index is 0.263. The monoisotopic (exact) mass is 293 g/mol. The summed E-state index contributed by atoms with van der Waals surface area (Å²) in [5.41, 5.74) is 1.58. The van der Waals surface area contributed by atoms with Crippen LogP contribution < -0.4 is 9.47 Å². The summed E-state index contributed by atoms with van der Waals surface area (Å²) in [4.78, 5) is 4.33. The second kappa shape index (κ2) is 5.11. The van der Waals surface area contributed by atoms with Gasteiger partial charge in [0.25, 0.3) is 0 Å². The maximum absolute atomic E-state index is 6.05. The number of benzene rings is 2. The molecule has 0 unspecified atom stereocenters. The molecule has 19 heavy (non-hydrogen) atoms. The van der Waals surface area contributed by atoms with E-state index in [0.29, 0.717) is 15.7 Å². The quantitative estimate of drug-likeness (QED) is 0.765. The fourth-order valence-electron chi connectivity index (χ4n) is 1.72. The lowest BCUT2D eigenvalue weighted by atomic mass is 10.2. The van der Waals surface area contributed by atoms with Gasteiger partial charge in [0, 0.05) is 11.2 Å². The van der Waals surface area contributed by atoms with E-state index in [1.165, 1.54) is 0 Å². The van der Waals surface area contributed by atoms with Gasteiger partial charge in [0.2, 0.25) is 6.79 Å². The van der Waals surface area contributed by atoms with Gasteiger partial charge in [0.15, 0.2) is 11.5 Å². The Morgan fingerprint density at radius 3 is 2.68 bits per heavy atom. The number of nitrogens with zero attached hydrogens (tertiary/aromatic N) is 1. The molecule has 0 N–H and O–H groups in total. The average Bonchev–Trinajstić information content (AvgIpc) is 2.85. The van der Waals surface area contributed by atoms with Gasteiger partial charge in [0.05, 0.1) is 10.7 Å². The van der Waals surface area contributed by atoms with E-state index < -0.39 is 0 Å². The second-order valence-corrected chi connectivity index (χ2v) is 4.81. The number of fused-ring (bicyclic) bond motifs is 1. The van der Waals surface area contributed by atoms with Gasteiger partial charge in [-0.25, -0.2) is 0 Å². The third kappa shape index (κ3) is 2.67. The van der Waals surface area contributed by atoms with E-state index in [9.17, 15) is 0 Å². The van der Waals surface area contributed by atoms with E-state index in [1.807, 2.05) is 18.2 Å². The Morgan fingerprint density at radius 1 is 1.00 bits per heavy atom. The zero-order valence-electron chi connectivity index (χ0n) is 9.77. The summed E-state index contributed by atoms with van der Waals surface area (Å²) in [7, 11) is 0. The third-order valence-corrected chi connectivity index (χ3v) is 3.20. The number of aliphatic imine (C=N–C) groups is 1. The molecular weight excluding hydrogens is 285 g/mol. The number of ether oxygens (including phenoxy) is 2. The van der Waals surface area contributed by atoms with Crippen LogP contribution in [0.25, 0.3) is 0 Å². The first kappa shape index (κ1) is 12.3. The summed E-state index contributed by atoms with van der Waals surface area (Å²) < 4.78 is 10.5. The van der Waals surface area contributed by atoms with Crippen molar-refractivity contribution in [2.24, 2.45) is 4.99 Å². The maximum atomic E-state index is 6.05. The zero-order chi connectivity index (χ0) is 13.2. The minimum Gasteiger partial charge on any atom is -0.454 e. The molecule has 1 aliphatic heterocycles. The average molecular weight is 294 g/mol. The molecule has 2 aromatic rings. The van der Waals surface area contributed by atoms with Crippen LogP contribution >= 0.6 is 23.2 Å². The molecule has 0 spiro atoms. The van der Waals surface area contributed by atoms with E-state index >= 15 is 0 Å². The van der Waals surface area contributed by atoms with Gasteiger partial charge in [-0.2, -0.15) is 0 Å². The molecule has 0 aliphatic carbocycles. The number of hydrogen-bond acceptors (Lipinski definition) is 3. The van der Waals surface area contributed by atoms with E-state index in [-0.39, 0.29) is 6.79 Å². The molecule has 0 aromatic heterocycles. The molecule has 1 aliphatic rings. The molecule has 0 atom stereocenters. The Labute approximate surface area is 120 Å². The highest BCUT2D eigenvalue weighted by Crippen LogP contribution is 2.32. The predicted molar refractivity (Wildman–Crippen MR) is 76.3 cm³/mol. The molecule has 2 aromatic carbocycles. The molecule has 0 amide bonds. The molecule has 1 heterocycles. The fraction of sp³-hybridized carbons (Fsp3) is 0.0714. The Balaban J connectivity index is 1.86. The lowest BCUT2D eigenvalue weighted by Crippen LogP contribution is -1.92. The Hall–Kier alpha value is -1.71. The van der Waals surface area contributed by atoms with Crippen molar-refractivity contribution < 1.29 is 9.47 Å². The van der Waals surface area contributed by atoms with Crippen LogP contribution in [0.2, 0.25) is 10.0 Å². The Kier molecular flexibility index (Phi) is 3.32. The molecule has 0 saturated heterocycles. The number of halogens is 2. The molecule has 3 rings (SSSR count). The summed E-state index contributed by atoms with van der Waals surface area (Å²) in [6.45, 7) is 0.263. The second-order valence-electron chi connectivity index (χ2n) is 3.97. The first-order chi connectivity index (χ1) is 9.22. The first-order valence-electron chi connectivity index (χ1n) is 5.61. The lowest BCUT2D eigenvalue weighted by molar-refractivity contribution is 0.174. The summed E-state index contributed by atoms with van der Waals surface area (Å²) in [6, 6.07) is 10.8. The lowest BCUT2D eigenvalue weighted by Gasteiger charge is -1.99. The summed E-state index contributed by atoms with van der Waals surface area (Å²) >= 11 is 11.9. The molecule has 0 saturated carbocycles. The van der Waals surface area contributed by atoms with E-state index in [2.05, 4.69) is 4.99 Å². The maximum Gasteiger partial charge on any atom is 0.231 e. The molecule has 0 radical (unpaired) electrons. The van der Waals surface area contributed by atoms with Crippen LogP contribution in [0.1, 0.15) is 5.56 Å². The van der Waals surface area contributed by atoms with Crippen molar-refractivity contribution >= 4 is 35.1 Å². The van der Waals surface area contributed by atoms with Gasteiger partial charge in [-0.15, -0.1) is 0 Å². The summed E-state index contributed by atoms with van der Waals surface area (Å²) in [5, 5.41) is 1.11. The van der Waals surface area contributed by atoms with E-state index in [1.54, 1.807) is 24.4 Å². The van der Waals surface area contributed by atoms with Crippen molar-refractivity contribution in [1.29, 1.82) is 0 Å². The Bertz CT molecular complexity index is 656.